The first-order valence-corrected chi connectivity index (χ1v) is 6.19. The summed E-state index contributed by atoms with van der Waals surface area (Å²) in [5.74, 6) is -0.190. The van der Waals surface area contributed by atoms with Crippen LogP contribution < -0.4 is 4.74 Å². The Morgan fingerprint density at radius 1 is 1.39 bits per heavy atom. The fourth-order valence-electron chi connectivity index (χ4n) is 1.94. The van der Waals surface area contributed by atoms with Gasteiger partial charge in [-0.3, -0.25) is 4.79 Å². The van der Waals surface area contributed by atoms with Gasteiger partial charge in [0.2, 0.25) is 5.78 Å². The van der Waals surface area contributed by atoms with Gasteiger partial charge in [0.15, 0.2) is 0 Å². The number of carbonyl (C=O) groups excluding carboxylic acids is 1. The van der Waals surface area contributed by atoms with E-state index in [-0.39, 0.29) is 11.9 Å². The first-order valence-electron chi connectivity index (χ1n) is 5.65. The number of carbonyl (C=O) groups is 1. The van der Waals surface area contributed by atoms with Crippen LogP contribution in [0, 0.1) is 0 Å². The SMILES string of the molecule is COc1ccc(C(=O)C2(OC)OC2CCCl)cc1. The van der Waals surface area contributed by atoms with Crippen LogP contribution in [0.2, 0.25) is 0 Å². The van der Waals surface area contributed by atoms with E-state index in [0.717, 1.165) is 0 Å². The number of hydrogen-bond donors (Lipinski definition) is 0. The number of hydrogen-bond acceptors (Lipinski definition) is 4. The largest absolute Gasteiger partial charge is 0.497 e. The second-order valence-electron chi connectivity index (χ2n) is 4.01. The molecule has 1 saturated heterocycles. The summed E-state index contributed by atoms with van der Waals surface area (Å²) in [6.45, 7) is 0. The molecule has 2 rings (SSSR count). The first-order chi connectivity index (χ1) is 8.67. The van der Waals surface area contributed by atoms with Crippen molar-refractivity contribution in [2.45, 2.75) is 18.3 Å². The van der Waals surface area contributed by atoms with Crippen molar-refractivity contribution >= 4 is 17.4 Å². The predicted octanol–water partition coefficient (Wildman–Crippen LogP) is 2.25. The van der Waals surface area contributed by atoms with E-state index >= 15 is 0 Å². The van der Waals surface area contributed by atoms with Crippen LogP contribution in [0.4, 0.5) is 0 Å². The van der Waals surface area contributed by atoms with Gasteiger partial charge in [-0.05, 0) is 30.7 Å². The average Bonchev–Trinajstić information content (AvgIpc) is 3.13. The molecule has 0 aromatic heterocycles. The van der Waals surface area contributed by atoms with E-state index in [2.05, 4.69) is 0 Å². The molecule has 0 spiro atoms. The Morgan fingerprint density at radius 3 is 2.56 bits per heavy atom. The van der Waals surface area contributed by atoms with Crippen molar-refractivity contribution in [3.8, 4) is 5.75 Å². The van der Waals surface area contributed by atoms with Crippen LogP contribution >= 0.6 is 11.6 Å². The van der Waals surface area contributed by atoms with Crippen LogP contribution in [-0.2, 0) is 9.47 Å². The van der Waals surface area contributed by atoms with Crippen molar-refractivity contribution in [3.63, 3.8) is 0 Å². The van der Waals surface area contributed by atoms with Gasteiger partial charge in [-0.1, -0.05) is 0 Å². The third-order valence-corrected chi connectivity index (χ3v) is 3.25. The quantitative estimate of drug-likeness (QED) is 0.452. The van der Waals surface area contributed by atoms with Gasteiger partial charge >= 0.3 is 0 Å². The molecular formula is C13H15ClO4. The summed E-state index contributed by atoms with van der Waals surface area (Å²) in [4.78, 5) is 12.3. The van der Waals surface area contributed by atoms with E-state index in [4.69, 9.17) is 25.8 Å². The molecule has 1 aliphatic heterocycles. The third kappa shape index (κ3) is 2.23. The summed E-state index contributed by atoms with van der Waals surface area (Å²) >= 11 is 5.65. The van der Waals surface area contributed by atoms with E-state index in [1.807, 2.05) is 0 Å². The normalized spacial score (nSPS) is 25.8. The van der Waals surface area contributed by atoms with Crippen molar-refractivity contribution in [1.82, 2.24) is 0 Å². The van der Waals surface area contributed by atoms with Crippen molar-refractivity contribution < 1.29 is 19.0 Å². The smallest absolute Gasteiger partial charge is 0.261 e. The molecule has 0 N–H and O–H groups in total. The van der Waals surface area contributed by atoms with E-state index in [0.29, 0.717) is 23.6 Å². The van der Waals surface area contributed by atoms with Gasteiger partial charge in [-0.15, -0.1) is 11.6 Å². The second-order valence-corrected chi connectivity index (χ2v) is 4.39. The van der Waals surface area contributed by atoms with Gasteiger partial charge in [0.1, 0.15) is 11.9 Å². The molecule has 2 atom stereocenters. The lowest BCUT2D eigenvalue weighted by Crippen LogP contribution is -2.30. The Kier molecular flexibility index (Phi) is 3.90. The number of methoxy groups -OCH3 is 2. The molecule has 1 fully saturated rings. The maximum absolute atomic E-state index is 12.3. The lowest BCUT2D eigenvalue weighted by Gasteiger charge is -2.10. The van der Waals surface area contributed by atoms with E-state index in [9.17, 15) is 4.79 Å². The first kappa shape index (κ1) is 13.3. The van der Waals surface area contributed by atoms with Crippen LogP contribution in [0.25, 0.3) is 0 Å². The standard InChI is InChI=1S/C13H15ClO4/c1-16-10-5-3-9(4-6-10)12(15)13(17-2)11(18-13)7-8-14/h3-6,11H,7-8H2,1-2H3. The van der Waals surface area contributed by atoms with Crippen LogP contribution in [0.5, 0.6) is 5.75 Å². The highest BCUT2D eigenvalue weighted by atomic mass is 35.5. The molecule has 1 aromatic rings. The highest BCUT2D eigenvalue weighted by molar-refractivity contribution is 6.18. The number of Topliss-reactive ketones (excluding diaryl/α,β-unsaturated/α-hetero) is 1. The predicted molar refractivity (Wildman–Crippen MR) is 67.3 cm³/mol. The van der Waals surface area contributed by atoms with Crippen molar-refractivity contribution in [2.24, 2.45) is 0 Å². The van der Waals surface area contributed by atoms with Crippen molar-refractivity contribution in [3.05, 3.63) is 29.8 Å². The Labute approximate surface area is 111 Å². The van der Waals surface area contributed by atoms with Crippen LogP contribution in [0.3, 0.4) is 0 Å². The van der Waals surface area contributed by atoms with E-state index in [1.165, 1.54) is 7.11 Å². The summed E-state index contributed by atoms with van der Waals surface area (Å²) in [7, 11) is 3.05. The fraction of sp³-hybridized carbons (Fsp3) is 0.462. The second kappa shape index (κ2) is 5.26. The Balaban J connectivity index is 2.15. The van der Waals surface area contributed by atoms with Crippen molar-refractivity contribution in [1.29, 1.82) is 0 Å². The lowest BCUT2D eigenvalue weighted by atomic mass is 10.0. The fourth-order valence-corrected chi connectivity index (χ4v) is 2.14. The summed E-state index contributed by atoms with van der Waals surface area (Å²) in [5, 5.41) is 0. The summed E-state index contributed by atoms with van der Waals surface area (Å²) in [5.41, 5.74) is 0.537. The highest BCUT2D eigenvalue weighted by Gasteiger charge is 2.63. The molecule has 4 nitrogen and oxygen atoms in total. The van der Waals surface area contributed by atoms with Crippen LogP contribution in [0.15, 0.2) is 24.3 Å². The number of ether oxygens (including phenoxy) is 3. The van der Waals surface area contributed by atoms with Gasteiger partial charge in [-0.25, -0.2) is 0 Å². The monoisotopic (exact) mass is 270 g/mol. The number of rotatable bonds is 6. The molecule has 0 saturated carbocycles. The number of epoxide rings is 1. The maximum atomic E-state index is 12.3. The molecule has 0 amide bonds. The molecule has 18 heavy (non-hydrogen) atoms. The van der Waals surface area contributed by atoms with Gasteiger partial charge in [0.05, 0.1) is 7.11 Å². The van der Waals surface area contributed by atoms with Gasteiger partial charge in [-0.2, -0.15) is 0 Å². The molecule has 2 unspecified atom stereocenters. The van der Waals surface area contributed by atoms with E-state index in [1.54, 1.807) is 31.4 Å². The van der Waals surface area contributed by atoms with Gasteiger partial charge in [0.25, 0.3) is 5.79 Å². The Bertz CT molecular complexity index is 431. The highest BCUT2D eigenvalue weighted by Crippen LogP contribution is 2.42. The van der Waals surface area contributed by atoms with Gasteiger partial charge in [0, 0.05) is 18.6 Å². The Hall–Kier alpha value is -1.10. The summed E-state index contributed by atoms with van der Waals surface area (Å²) in [6.07, 6.45) is 0.340. The van der Waals surface area contributed by atoms with Crippen LogP contribution in [0.1, 0.15) is 16.8 Å². The molecule has 0 bridgehead atoms. The minimum absolute atomic E-state index is 0.178. The zero-order valence-corrected chi connectivity index (χ0v) is 11.1. The molecule has 1 aromatic carbocycles. The summed E-state index contributed by atoms with van der Waals surface area (Å²) in [6, 6.07) is 6.85. The zero-order valence-electron chi connectivity index (χ0n) is 10.3. The number of benzene rings is 1. The van der Waals surface area contributed by atoms with E-state index < -0.39 is 5.79 Å². The molecular weight excluding hydrogens is 256 g/mol. The number of halogens is 1. The molecule has 1 heterocycles. The van der Waals surface area contributed by atoms with Crippen molar-refractivity contribution in [2.75, 3.05) is 20.1 Å². The Morgan fingerprint density at radius 2 is 2.06 bits per heavy atom. The minimum Gasteiger partial charge on any atom is -0.497 e. The maximum Gasteiger partial charge on any atom is 0.261 e. The van der Waals surface area contributed by atoms with Crippen LogP contribution in [-0.4, -0.2) is 37.8 Å². The molecule has 98 valence electrons. The lowest BCUT2D eigenvalue weighted by molar-refractivity contribution is 0.00153. The molecule has 0 aliphatic carbocycles. The molecule has 1 aliphatic rings. The molecule has 0 radical (unpaired) electrons. The number of alkyl halides is 1. The third-order valence-electron chi connectivity index (χ3n) is 3.03. The summed E-state index contributed by atoms with van der Waals surface area (Å²) < 4.78 is 15.6. The number of ketones is 1. The minimum atomic E-state index is -1.15. The topological polar surface area (TPSA) is 48.1 Å². The zero-order chi connectivity index (χ0) is 13.2. The molecule has 5 heteroatoms. The average molecular weight is 271 g/mol. The van der Waals surface area contributed by atoms with Gasteiger partial charge < -0.3 is 14.2 Å².